The average molecular weight is 283 g/mol. The number of aryl methyl sites for hydroxylation is 1. The largest absolute Gasteiger partial charge is 0.295 e. The van der Waals surface area contributed by atoms with Crippen LogP contribution in [-0.2, 0) is 13.0 Å². The maximum absolute atomic E-state index is 4.59. The summed E-state index contributed by atoms with van der Waals surface area (Å²) in [7, 11) is 0. The van der Waals surface area contributed by atoms with Gasteiger partial charge in [-0.2, -0.15) is 0 Å². The van der Waals surface area contributed by atoms with E-state index in [1.165, 1.54) is 24.1 Å². The molecule has 1 aromatic heterocycles. The Morgan fingerprint density at radius 3 is 3.00 bits per heavy atom. The molecule has 0 radical (unpaired) electrons. The van der Waals surface area contributed by atoms with Crippen LogP contribution in [0.15, 0.2) is 17.8 Å². The number of rotatable bonds is 2. The van der Waals surface area contributed by atoms with Gasteiger partial charge in [0.15, 0.2) is 0 Å². The van der Waals surface area contributed by atoms with Gasteiger partial charge >= 0.3 is 0 Å². The molecule has 1 fully saturated rings. The van der Waals surface area contributed by atoms with Crippen molar-refractivity contribution in [1.82, 2.24) is 14.9 Å². The lowest BCUT2D eigenvalue weighted by Crippen LogP contribution is -2.50. The highest BCUT2D eigenvalue weighted by Gasteiger charge is 2.51. The second-order valence-electron chi connectivity index (χ2n) is 7.67. The van der Waals surface area contributed by atoms with Crippen LogP contribution in [0, 0.1) is 24.2 Å². The van der Waals surface area contributed by atoms with Crippen LogP contribution < -0.4 is 0 Å². The summed E-state index contributed by atoms with van der Waals surface area (Å²) in [6.45, 7) is 10.2. The zero-order chi connectivity index (χ0) is 14.6. The van der Waals surface area contributed by atoms with Gasteiger partial charge in [-0.25, -0.2) is 9.97 Å². The highest BCUT2D eigenvalue weighted by Crippen LogP contribution is 2.59. The lowest BCUT2D eigenvalue weighted by molar-refractivity contribution is -0.0110. The number of aromatic nitrogens is 2. The molecular weight excluding hydrogens is 258 g/mol. The molecule has 2 unspecified atom stereocenters. The van der Waals surface area contributed by atoms with E-state index < -0.39 is 0 Å². The maximum atomic E-state index is 4.59. The predicted octanol–water partition coefficient (Wildman–Crippen LogP) is 3.14. The first kappa shape index (κ1) is 13.4. The molecule has 1 aromatic rings. The summed E-state index contributed by atoms with van der Waals surface area (Å²) in [4.78, 5) is 11.5. The SMILES string of the molecule is Cc1ncc2c(n1)CCN(CC1=CCC3CC1C3(C)C)C2. The van der Waals surface area contributed by atoms with Crippen LogP contribution in [0.25, 0.3) is 0 Å². The van der Waals surface area contributed by atoms with Crippen molar-refractivity contribution in [2.24, 2.45) is 17.3 Å². The van der Waals surface area contributed by atoms with Gasteiger partial charge in [-0.1, -0.05) is 25.5 Å². The Bertz CT molecular complexity index is 602. The third-order valence-corrected chi connectivity index (χ3v) is 6.12. The van der Waals surface area contributed by atoms with Gasteiger partial charge in [0.2, 0.25) is 0 Å². The van der Waals surface area contributed by atoms with Crippen LogP contribution in [0.3, 0.4) is 0 Å². The van der Waals surface area contributed by atoms with E-state index in [0.29, 0.717) is 5.41 Å². The average Bonchev–Trinajstić information content (AvgIpc) is 2.47. The summed E-state index contributed by atoms with van der Waals surface area (Å²) in [5.41, 5.74) is 4.83. The molecule has 3 nitrogen and oxygen atoms in total. The van der Waals surface area contributed by atoms with E-state index >= 15 is 0 Å². The number of allylic oxidation sites excluding steroid dienone is 1. The van der Waals surface area contributed by atoms with Gasteiger partial charge in [0, 0.05) is 43.5 Å². The Morgan fingerprint density at radius 2 is 2.24 bits per heavy atom. The molecule has 1 saturated carbocycles. The first-order chi connectivity index (χ1) is 10.0. The fourth-order valence-electron chi connectivity index (χ4n) is 4.52. The molecule has 0 spiro atoms. The fraction of sp³-hybridized carbons (Fsp3) is 0.667. The molecule has 2 bridgehead atoms. The third kappa shape index (κ3) is 2.13. The van der Waals surface area contributed by atoms with E-state index in [9.17, 15) is 0 Å². The standard InChI is InChI=1S/C18H25N3/c1-12-19-9-14-11-21(7-6-17(14)20-12)10-13-4-5-15-8-16(13)18(15,2)3/h4,9,15-16H,5-8,10-11H2,1-3H3. The van der Waals surface area contributed by atoms with Crippen molar-refractivity contribution in [3.8, 4) is 0 Å². The lowest BCUT2D eigenvalue weighted by atomic mass is 9.49. The molecular formula is C18H25N3. The van der Waals surface area contributed by atoms with E-state index in [2.05, 4.69) is 34.8 Å². The van der Waals surface area contributed by atoms with E-state index in [4.69, 9.17) is 0 Å². The molecule has 1 aliphatic heterocycles. The number of nitrogens with zero attached hydrogens (tertiary/aromatic N) is 3. The van der Waals surface area contributed by atoms with Gasteiger partial charge in [-0.05, 0) is 37.0 Å². The summed E-state index contributed by atoms with van der Waals surface area (Å²) in [6, 6.07) is 0. The Labute approximate surface area is 127 Å². The van der Waals surface area contributed by atoms with Crippen LogP contribution in [0.1, 0.15) is 43.8 Å². The van der Waals surface area contributed by atoms with Gasteiger partial charge in [0.25, 0.3) is 0 Å². The van der Waals surface area contributed by atoms with Gasteiger partial charge < -0.3 is 0 Å². The first-order valence-corrected chi connectivity index (χ1v) is 8.26. The van der Waals surface area contributed by atoms with Crippen LogP contribution in [0.4, 0.5) is 0 Å². The van der Waals surface area contributed by atoms with Gasteiger partial charge in [-0.15, -0.1) is 0 Å². The minimum Gasteiger partial charge on any atom is -0.295 e. The van der Waals surface area contributed by atoms with Crippen molar-refractivity contribution in [2.45, 2.75) is 46.6 Å². The molecule has 4 aliphatic rings. The Hall–Kier alpha value is -1.22. The fourth-order valence-corrected chi connectivity index (χ4v) is 4.52. The zero-order valence-corrected chi connectivity index (χ0v) is 13.4. The van der Waals surface area contributed by atoms with E-state index in [-0.39, 0.29) is 0 Å². The second-order valence-corrected chi connectivity index (χ2v) is 7.67. The Kier molecular flexibility index (Phi) is 2.97. The van der Waals surface area contributed by atoms with Crippen LogP contribution in [-0.4, -0.2) is 28.0 Å². The van der Waals surface area contributed by atoms with Crippen LogP contribution in [0.2, 0.25) is 0 Å². The minimum absolute atomic E-state index is 0.540. The van der Waals surface area contributed by atoms with Crippen molar-refractivity contribution in [2.75, 3.05) is 13.1 Å². The summed E-state index contributed by atoms with van der Waals surface area (Å²) in [5, 5.41) is 0. The predicted molar refractivity (Wildman–Crippen MR) is 83.8 cm³/mol. The Morgan fingerprint density at radius 1 is 1.38 bits per heavy atom. The summed E-state index contributed by atoms with van der Waals surface area (Å²) < 4.78 is 0. The van der Waals surface area contributed by atoms with Crippen molar-refractivity contribution >= 4 is 0 Å². The number of fused-ring (bicyclic) bond motifs is 2. The number of hydrogen-bond acceptors (Lipinski definition) is 3. The molecule has 112 valence electrons. The maximum Gasteiger partial charge on any atom is 0.125 e. The normalized spacial score (nSPS) is 30.3. The first-order valence-electron chi connectivity index (χ1n) is 8.26. The molecule has 0 saturated heterocycles. The topological polar surface area (TPSA) is 29.0 Å². The van der Waals surface area contributed by atoms with E-state index in [1.807, 2.05) is 13.1 Å². The third-order valence-electron chi connectivity index (χ3n) is 6.12. The van der Waals surface area contributed by atoms with Gasteiger partial charge in [-0.3, -0.25) is 4.90 Å². The van der Waals surface area contributed by atoms with Crippen molar-refractivity contribution < 1.29 is 0 Å². The Balaban J connectivity index is 1.47. The molecule has 2 atom stereocenters. The number of hydrogen-bond donors (Lipinski definition) is 0. The summed E-state index contributed by atoms with van der Waals surface area (Å²) in [5.74, 6) is 2.66. The highest BCUT2D eigenvalue weighted by atomic mass is 15.1. The molecule has 3 heteroatoms. The monoisotopic (exact) mass is 283 g/mol. The van der Waals surface area contributed by atoms with Gasteiger partial charge in [0.1, 0.15) is 5.82 Å². The smallest absolute Gasteiger partial charge is 0.125 e. The molecule has 0 N–H and O–H groups in total. The molecule has 0 amide bonds. The molecule has 21 heavy (non-hydrogen) atoms. The summed E-state index contributed by atoms with van der Waals surface area (Å²) in [6.07, 6.45) is 8.35. The molecule has 5 rings (SSSR count). The van der Waals surface area contributed by atoms with Crippen LogP contribution in [0.5, 0.6) is 0 Å². The molecule has 3 aliphatic carbocycles. The molecule has 2 heterocycles. The minimum atomic E-state index is 0.540. The highest BCUT2D eigenvalue weighted by molar-refractivity contribution is 5.26. The quantitative estimate of drug-likeness (QED) is 0.781. The van der Waals surface area contributed by atoms with Crippen molar-refractivity contribution in [3.63, 3.8) is 0 Å². The van der Waals surface area contributed by atoms with E-state index in [0.717, 1.165) is 43.7 Å². The summed E-state index contributed by atoms with van der Waals surface area (Å²) >= 11 is 0. The van der Waals surface area contributed by atoms with E-state index in [1.54, 1.807) is 5.57 Å². The van der Waals surface area contributed by atoms with Crippen molar-refractivity contribution in [1.29, 1.82) is 0 Å². The van der Waals surface area contributed by atoms with Crippen LogP contribution >= 0.6 is 0 Å². The zero-order valence-electron chi connectivity index (χ0n) is 13.4. The van der Waals surface area contributed by atoms with Crippen molar-refractivity contribution in [3.05, 3.63) is 34.9 Å². The molecule has 0 aromatic carbocycles. The second kappa shape index (κ2) is 4.64. The lowest BCUT2D eigenvalue weighted by Gasteiger charge is -2.57. The van der Waals surface area contributed by atoms with Gasteiger partial charge in [0.05, 0.1) is 0 Å².